The summed E-state index contributed by atoms with van der Waals surface area (Å²) in [6.45, 7) is 3.94. The fraction of sp³-hybridized carbons (Fsp3) is 0.467. The highest BCUT2D eigenvalue weighted by atomic mass is 35.5. The van der Waals surface area contributed by atoms with E-state index < -0.39 is 0 Å². The minimum absolute atomic E-state index is 0.448. The van der Waals surface area contributed by atoms with E-state index in [2.05, 4.69) is 39.1 Å². The molecule has 3 rings (SSSR count). The standard InChI is InChI=1S/C15H19ClN4/c1-2-15-19-18-10-20(15)8-7-17-14-6-3-11-9-12(16)4-5-13(11)14/h4-5,9-10,14,17H,2-3,6-8H2,1H3. The first-order chi connectivity index (χ1) is 9.78. The Morgan fingerprint density at radius 3 is 3.20 bits per heavy atom. The molecule has 0 bridgehead atoms. The lowest BCUT2D eigenvalue weighted by Crippen LogP contribution is -2.24. The summed E-state index contributed by atoms with van der Waals surface area (Å²) in [5, 5.41) is 12.5. The monoisotopic (exact) mass is 290 g/mol. The highest BCUT2D eigenvalue weighted by molar-refractivity contribution is 6.30. The number of hydrogen-bond donors (Lipinski definition) is 1. The Morgan fingerprint density at radius 2 is 2.35 bits per heavy atom. The van der Waals surface area contributed by atoms with Gasteiger partial charge in [-0.1, -0.05) is 24.6 Å². The summed E-state index contributed by atoms with van der Waals surface area (Å²) in [5.74, 6) is 1.05. The molecule has 0 radical (unpaired) electrons. The van der Waals surface area contributed by atoms with Gasteiger partial charge in [-0.2, -0.15) is 0 Å². The second-order valence-electron chi connectivity index (χ2n) is 5.18. The third-order valence-electron chi connectivity index (χ3n) is 3.94. The lowest BCUT2D eigenvalue weighted by Gasteiger charge is -2.14. The molecule has 0 saturated carbocycles. The van der Waals surface area contributed by atoms with Gasteiger partial charge in [0.05, 0.1) is 0 Å². The summed E-state index contributed by atoms with van der Waals surface area (Å²) in [4.78, 5) is 0. The van der Waals surface area contributed by atoms with Crippen LogP contribution in [-0.2, 0) is 19.4 Å². The molecule has 4 nitrogen and oxygen atoms in total. The molecule has 1 aliphatic rings. The highest BCUT2D eigenvalue weighted by Crippen LogP contribution is 2.32. The molecular weight excluding hydrogens is 272 g/mol. The molecule has 1 N–H and O–H groups in total. The van der Waals surface area contributed by atoms with Crippen LogP contribution >= 0.6 is 11.6 Å². The Labute approximate surface area is 124 Å². The molecular formula is C15H19ClN4. The Morgan fingerprint density at radius 1 is 1.45 bits per heavy atom. The van der Waals surface area contributed by atoms with Crippen molar-refractivity contribution in [2.24, 2.45) is 0 Å². The van der Waals surface area contributed by atoms with Crippen LogP contribution < -0.4 is 5.32 Å². The van der Waals surface area contributed by atoms with Crippen molar-refractivity contribution in [3.05, 3.63) is 46.5 Å². The number of nitrogens with zero attached hydrogens (tertiary/aromatic N) is 3. The number of halogens is 1. The quantitative estimate of drug-likeness (QED) is 0.921. The summed E-state index contributed by atoms with van der Waals surface area (Å²) in [7, 11) is 0. The molecule has 1 aromatic carbocycles. The topological polar surface area (TPSA) is 42.7 Å². The number of hydrogen-bond acceptors (Lipinski definition) is 3. The van der Waals surface area contributed by atoms with Gasteiger partial charge < -0.3 is 9.88 Å². The molecule has 20 heavy (non-hydrogen) atoms. The normalized spacial score (nSPS) is 17.4. The van der Waals surface area contributed by atoms with Crippen LogP contribution in [-0.4, -0.2) is 21.3 Å². The molecule has 1 aliphatic carbocycles. The lowest BCUT2D eigenvalue weighted by atomic mass is 10.1. The predicted octanol–water partition coefficient (Wildman–Crippen LogP) is 2.77. The lowest BCUT2D eigenvalue weighted by molar-refractivity contribution is 0.495. The first kappa shape index (κ1) is 13.6. The fourth-order valence-corrected chi connectivity index (χ4v) is 3.09. The number of aryl methyl sites for hydroxylation is 2. The van der Waals surface area contributed by atoms with E-state index in [9.17, 15) is 0 Å². The van der Waals surface area contributed by atoms with E-state index in [0.717, 1.165) is 43.2 Å². The molecule has 5 heteroatoms. The zero-order chi connectivity index (χ0) is 13.9. The number of rotatable bonds is 5. The first-order valence-corrected chi connectivity index (χ1v) is 7.54. The molecule has 0 saturated heterocycles. The first-order valence-electron chi connectivity index (χ1n) is 7.16. The van der Waals surface area contributed by atoms with Gasteiger partial charge in [0.1, 0.15) is 12.2 Å². The molecule has 0 spiro atoms. The minimum atomic E-state index is 0.448. The van der Waals surface area contributed by atoms with E-state index in [1.165, 1.54) is 11.1 Å². The van der Waals surface area contributed by atoms with Gasteiger partial charge in [0.25, 0.3) is 0 Å². The molecule has 1 atom stereocenters. The van der Waals surface area contributed by atoms with Gasteiger partial charge in [0.15, 0.2) is 0 Å². The van der Waals surface area contributed by atoms with E-state index in [1.54, 1.807) is 0 Å². The number of fused-ring (bicyclic) bond motifs is 1. The molecule has 2 aromatic rings. The van der Waals surface area contributed by atoms with Crippen LogP contribution in [0.2, 0.25) is 5.02 Å². The number of aromatic nitrogens is 3. The predicted molar refractivity (Wildman–Crippen MR) is 79.9 cm³/mol. The summed E-state index contributed by atoms with van der Waals surface area (Å²) in [6.07, 6.45) is 4.99. The smallest absolute Gasteiger partial charge is 0.132 e. The zero-order valence-electron chi connectivity index (χ0n) is 11.6. The van der Waals surface area contributed by atoms with Gasteiger partial charge >= 0.3 is 0 Å². The molecule has 106 valence electrons. The maximum atomic E-state index is 6.04. The van der Waals surface area contributed by atoms with E-state index in [-0.39, 0.29) is 0 Å². The van der Waals surface area contributed by atoms with Crippen LogP contribution in [0.1, 0.15) is 36.3 Å². The van der Waals surface area contributed by atoms with Gasteiger partial charge in [-0.05, 0) is 36.1 Å². The average Bonchev–Trinajstić information content (AvgIpc) is 3.05. The van der Waals surface area contributed by atoms with E-state index >= 15 is 0 Å². The average molecular weight is 291 g/mol. The molecule has 0 amide bonds. The summed E-state index contributed by atoms with van der Waals surface area (Å²) in [5.41, 5.74) is 2.78. The minimum Gasteiger partial charge on any atom is -0.316 e. The maximum Gasteiger partial charge on any atom is 0.132 e. The van der Waals surface area contributed by atoms with Crippen LogP contribution in [0.25, 0.3) is 0 Å². The van der Waals surface area contributed by atoms with Gasteiger partial charge in [-0.15, -0.1) is 10.2 Å². The number of benzene rings is 1. The Bertz CT molecular complexity index is 593. The Hall–Kier alpha value is -1.39. The summed E-state index contributed by atoms with van der Waals surface area (Å²) < 4.78 is 2.12. The Kier molecular flexibility index (Phi) is 4.03. The van der Waals surface area contributed by atoms with E-state index in [4.69, 9.17) is 11.6 Å². The van der Waals surface area contributed by atoms with Crippen molar-refractivity contribution in [1.82, 2.24) is 20.1 Å². The van der Waals surface area contributed by atoms with Crippen molar-refractivity contribution in [2.45, 2.75) is 38.8 Å². The molecule has 1 aromatic heterocycles. The van der Waals surface area contributed by atoms with Gasteiger partial charge in [0.2, 0.25) is 0 Å². The van der Waals surface area contributed by atoms with Crippen LogP contribution in [0.3, 0.4) is 0 Å². The van der Waals surface area contributed by atoms with E-state index in [0.29, 0.717) is 6.04 Å². The van der Waals surface area contributed by atoms with Crippen molar-refractivity contribution in [2.75, 3.05) is 6.54 Å². The van der Waals surface area contributed by atoms with Crippen molar-refractivity contribution in [1.29, 1.82) is 0 Å². The maximum absolute atomic E-state index is 6.04. The van der Waals surface area contributed by atoms with Crippen molar-refractivity contribution in [3.63, 3.8) is 0 Å². The summed E-state index contributed by atoms with van der Waals surface area (Å²) >= 11 is 6.04. The second kappa shape index (κ2) is 5.94. The molecule has 1 heterocycles. The third kappa shape index (κ3) is 2.72. The third-order valence-corrected chi connectivity index (χ3v) is 4.17. The second-order valence-corrected chi connectivity index (χ2v) is 5.62. The molecule has 0 fully saturated rings. The van der Waals surface area contributed by atoms with Crippen molar-refractivity contribution < 1.29 is 0 Å². The van der Waals surface area contributed by atoms with Crippen molar-refractivity contribution in [3.8, 4) is 0 Å². The van der Waals surface area contributed by atoms with Crippen LogP contribution in [0.4, 0.5) is 0 Å². The summed E-state index contributed by atoms with van der Waals surface area (Å²) in [6, 6.07) is 6.67. The van der Waals surface area contributed by atoms with Crippen molar-refractivity contribution >= 4 is 11.6 Å². The molecule has 0 aliphatic heterocycles. The Balaban J connectivity index is 1.58. The van der Waals surface area contributed by atoms with E-state index in [1.807, 2.05) is 12.4 Å². The van der Waals surface area contributed by atoms with Gasteiger partial charge in [-0.3, -0.25) is 0 Å². The SMILES string of the molecule is CCc1nncn1CCNC1CCc2cc(Cl)ccc21. The number of nitrogens with one attached hydrogen (secondary N) is 1. The largest absolute Gasteiger partial charge is 0.316 e. The van der Waals surface area contributed by atoms with Gasteiger partial charge in [-0.25, -0.2) is 0 Å². The van der Waals surface area contributed by atoms with Crippen LogP contribution in [0, 0.1) is 0 Å². The fourth-order valence-electron chi connectivity index (χ4n) is 2.90. The van der Waals surface area contributed by atoms with Crippen LogP contribution in [0.5, 0.6) is 0 Å². The zero-order valence-corrected chi connectivity index (χ0v) is 12.4. The molecule has 1 unspecified atom stereocenters. The van der Waals surface area contributed by atoms with Gasteiger partial charge in [0, 0.05) is 30.6 Å². The highest BCUT2D eigenvalue weighted by Gasteiger charge is 2.21. The van der Waals surface area contributed by atoms with Crippen LogP contribution in [0.15, 0.2) is 24.5 Å².